The van der Waals surface area contributed by atoms with Gasteiger partial charge in [0.25, 0.3) is 5.69 Å². The number of nitro groups is 1. The number of fused-ring (bicyclic) bond motifs is 1. The van der Waals surface area contributed by atoms with Gasteiger partial charge in [0.1, 0.15) is 12.1 Å². The molecule has 1 aromatic heterocycles. The van der Waals surface area contributed by atoms with E-state index in [2.05, 4.69) is 4.98 Å². The molecular weight excluding hydrogens is 196 g/mol. The number of aromatic nitrogens is 2. The lowest BCUT2D eigenvalue weighted by Crippen LogP contribution is -1.97. The molecule has 6 heteroatoms. The van der Waals surface area contributed by atoms with E-state index in [1.165, 1.54) is 17.0 Å². The van der Waals surface area contributed by atoms with Crippen LogP contribution in [0.5, 0.6) is 0 Å². The average Bonchev–Trinajstić information content (AvgIpc) is 2.62. The number of nitro benzene ring substituents is 1. The first-order valence-electron chi connectivity index (χ1n) is 4.19. The van der Waals surface area contributed by atoms with Crippen LogP contribution in [-0.4, -0.2) is 14.5 Å². The highest BCUT2D eigenvalue weighted by Crippen LogP contribution is 2.24. The Bertz CT molecular complexity index is 567. The van der Waals surface area contributed by atoms with Crippen LogP contribution in [0.15, 0.2) is 24.5 Å². The molecule has 0 atom stereocenters. The van der Waals surface area contributed by atoms with E-state index < -0.39 is 4.92 Å². The molecule has 74 valence electrons. The van der Waals surface area contributed by atoms with Crippen molar-refractivity contribution in [3.05, 3.63) is 34.6 Å². The van der Waals surface area contributed by atoms with Gasteiger partial charge in [0.2, 0.25) is 0 Å². The van der Waals surface area contributed by atoms with E-state index in [9.17, 15) is 10.1 Å². The van der Waals surface area contributed by atoms with Gasteiger partial charge in [-0.3, -0.25) is 10.1 Å². The molecule has 0 unspecified atom stereocenters. The van der Waals surface area contributed by atoms with Crippen molar-refractivity contribution in [3.8, 4) is 6.07 Å². The van der Waals surface area contributed by atoms with Crippen LogP contribution in [0.1, 0.15) is 0 Å². The van der Waals surface area contributed by atoms with Crippen LogP contribution in [0.3, 0.4) is 0 Å². The topological polar surface area (TPSA) is 84.8 Å². The minimum Gasteiger partial charge on any atom is -0.311 e. The first-order valence-corrected chi connectivity index (χ1v) is 4.19. The van der Waals surface area contributed by atoms with Crippen LogP contribution in [0.25, 0.3) is 11.0 Å². The second-order valence-corrected chi connectivity index (χ2v) is 2.93. The van der Waals surface area contributed by atoms with Crippen LogP contribution < -0.4 is 0 Å². The number of hydrogen-bond donors (Lipinski definition) is 0. The molecule has 0 radical (unpaired) electrons. The van der Waals surface area contributed by atoms with E-state index >= 15 is 0 Å². The quantitative estimate of drug-likeness (QED) is 0.545. The number of nitrogens with zero attached hydrogens (tertiary/aromatic N) is 4. The smallest absolute Gasteiger partial charge is 0.295 e. The molecule has 0 aliphatic rings. The molecular formula is C9H6N4O2. The molecule has 6 nitrogen and oxygen atoms in total. The van der Waals surface area contributed by atoms with Crippen LogP contribution in [0, 0.1) is 21.4 Å². The molecule has 2 rings (SSSR count). The van der Waals surface area contributed by atoms with Crippen molar-refractivity contribution in [2.24, 2.45) is 0 Å². The number of rotatable bonds is 2. The average molecular weight is 202 g/mol. The largest absolute Gasteiger partial charge is 0.311 e. The van der Waals surface area contributed by atoms with Crippen LogP contribution in [0.2, 0.25) is 0 Å². The van der Waals surface area contributed by atoms with Crippen LogP contribution >= 0.6 is 0 Å². The minimum absolute atomic E-state index is 0.0275. The van der Waals surface area contributed by atoms with E-state index in [0.29, 0.717) is 11.0 Å². The SMILES string of the molecule is N#CCn1cnc2cccc([N+](=O)[O-])c21. The summed E-state index contributed by atoms with van der Waals surface area (Å²) in [7, 11) is 0. The Morgan fingerprint density at radius 1 is 1.60 bits per heavy atom. The van der Waals surface area contributed by atoms with Gasteiger partial charge in [-0.2, -0.15) is 5.26 Å². The summed E-state index contributed by atoms with van der Waals surface area (Å²) in [6.07, 6.45) is 1.43. The first kappa shape index (κ1) is 9.15. The number of nitriles is 1. The van der Waals surface area contributed by atoms with Gasteiger partial charge in [-0.1, -0.05) is 6.07 Å². The predicted molar refractivity (Wildman–Crippen MR) is 52.0 cm³/mol. The highest BCUT2D eigenvalue weighted by molar-refractivity contribution is 5.84. The number of hydrogen-bond acceptors (Lipinski definition) is 4. The molecule has 0 aliphatic heterocycles. The maximum absolute atomic E-state index is 10.8. The Kier molecular flexibility index (Phi) is 2.06. The normalized spacial score (nSPS) is 10.1. The van der Waals surface area contributed by atoms with E-state index in [-0.39, 0.29) is 12.2 Å². The summed E-state index contributed by atoms with van der Waals surface area (Å²) in [4.78, 5) is 14.3. The Balaban J connectivity index is 2.76. The molecule has 1 heterocycles. The highest BCUT2D eigenvalue weighted by atomic mass is 16.6. The van der Waals surface area contributed by atoms with Gasteiger partial charge in [0, 0.05) is 6.07 Å². The van der Waals surface area contributed by atoms with Gasteiger partial charge in [-0.05, 0) is 6.07 Å². The number of imidazole rings is 1. The van der Waals surface area contributed by atoms with Gasteiger partial charge >= 0.3 is 0 Å². The van der Waals surface area contributed by atoms with Crippen molar-refractivity contribution in [3.63, 3.8) is 0 Å². The molecule has 2 aromatic rings. The summed E-state index contributed by atoms with van der Waals surface area (Å²) in [6, 6.07) is 6.58. The van der Waals surface area contributed by atoms with Gasteiger partial charge < -0.3 is 4.57 Å². The van der Waals surface area contributed by atoms with Gasteiger partial charge in [0.05, 0.1) is 22.8 Å². The van der Waals surface area contributed by atoms with Crippen molar-refractivity contribution in [2.45, 2.75) is 6.54 Å². The number of benzene rings is 1. The molecule has 0 bridgehead atoms. The van der Waals surface area contributed by atoms with E-state index in [1.807, 2.05) is 6.07 Å². The standard InChI is InChI=1S/C9H6N4O2/c10-4-5-12-6-11-7-2-1-3-8(9(7)12)13(14)15/h1-3,6H,5H2. The molecule has 0 N–H and O–H groups in total. The van der Waals surface area contributed by atoms with Gasteiger partial charge in [-0.25, -0.2) is 4.98 Å². The Labute approximate surface area is 84.5 Å². The zero-order valence-electron chi connectivity index (χ0n) is 7.62. The second kappa shape index (κ2) is 3.38. The van der Waals surface area contributed by atoms with E-state index in [4.69, 9.17) is 5.26 Å². The van der Waals surface area contributed by atoms with Crippen molar-refractivity contribution < 1.29 is 4.92 Å². The second-order valence-electron chi connectivity index (χ2n) is 2.93. The van der Waals surface area contributed by atoms with Crippen LogP contribution in [0.4, 0.5) is 5.69 Å². The molecule has 1 aromatic carbocycles. The lowest BCUT2D eigenvalue weighted by molar-refractivity contribution is -0.383. The monoisotopic (exact) mass is 202 g/mol. The fourth-order valence-corrected chi connectivity index (χ4v) is 1.45. The fourth-order valence-electron chi connectivity index (χ4n) is 1.45. The number of non-ortho nitro benzene ring substituents is 1. The summed E-state index contributed by atoms with van der Waals surface area (Å²) in [5.41, 5.74) is 0.892. The fraction of sp³-hybridized carbons (Fsp3) is 0.111. The zero-order valence-corrected chi connectivity index (χ0v) is 7.62. The van der Waals surface area contributed by atoms with Crippen molar-refractivity contribution >= 4 is 16.7 Å². The first-order chi connectivity index (χ1) is 7.24. The van der Waals surface area contributed by atoms with E-state index in [0.717, 1.165) is 0 Å². The molecule has 0 saturated heterocycles. The third-order valence-corrected chi connectivity index (χ3v) is 2.05. The Hall–Kier alpha value is -2.42. The number of para-hydroxylation sites is 1. The summed E-state index contributed by atoms with van der Waals surface area (Å²) in [5.74, 6) is 0. The van der Waals surface area contributed by atoms with Crippen molar-refractivity contribution in [1.82, 2.24) is 9.55 Å². The summed E-state index contributed by atoms with van der Waals surface area (Å²) in [6.45, 7) is 0.0569. The maximum Gasteiger partial charge on any atom is 0.295 e. The minimum atomic E-state index is -0.474. The third kappa shape index (κ3) is 1.40. The summed E-state index contributed by atoms with van der Waals surface area (Å²) in [5, 5.41) is 19.3. The molecule has 0 spiro atoms. The predicted octanol–water partition coefficient (Wildman–Crippen LogP) is 1.47. The van der Waals surface area contributed by atoms with Crippen molar-refractivity contribution in [1.29, 1.82) is 5.26 Å². The highest BCUT2D eigenvalue weighted by Gasteiger charge is 2.15. The molecule has 15 heavy (non-hydrogen) atoms. The van der Waals surface area contributed by atoms with Gasteiger partial charge in [-0.15, -0.1) is 0 Å². The maximum atomic E-state index is 10.8. The zero-order chi connectivity index (χ0) is 10.8. The molecule has 0 amide bonds. The Morgan fingerprint density at radius 3 is 3.07 bits per heavy atom. The summed E-state index contributed by atoms with van der Waals surface area (Å²) >= 11 is 0. The lowest BCUT2D eigenvalue weighted by Gasteiger charge is -1.97. The van der Waals surface area contributed by atoms with E-state index in [1.54, 1.807) is 12.1 Å². The summed E-state index contributed by atoms with van der Waals surface area (Å²) < 4.78 is 1.47. The van der Waals surface area contributed by atoms with Gasteiger partial charge in [0.15, 0.2) is 0 Å². The molecule has 0 saturated carbocycles. The van der Waals surface area contributed by atoms with Crippen LogP contribution in [-0.2, 0) is 6.54 Å². The lowest BCUT2D eigenvalue weighted by atomic mass is 10.2. The third-order valence-electron chi connectivity index (χ3n) is 2.05. The molecule has 0 aliphatic carbocycles. The molecule has 0 fully saturated rings. The Morgan fingerprint density at radius 2 is 2.40 bits per heavy atom. The van der Waals surface area contributed by atoms with Crippen molar-refractivity contribution in [2.75, 3.05) is 0 Å².